The van der Waals surface area contributed by atoms with Crippen LogP contribution < -0.4 is 16.4 Å². The number of rotatable bonds is 10. The zero-order valence-electron chi connectivity index (χ0n) is 17.4. The summed E-state index contributed by atoms with van der Waals surface area (Å²) < 4.78 is 5.31. The fraction of sp³-hybridized carbons (Fsp3) is 0.619. The zero-order chi connectivity index (χ0) is 21.2. The van der Waals surface area contributed by atoms with Crippen molar-refractivity contribution < 1.29 is 19.4 Å². The van der Waals surface area contributed by atoms with E-state index in [1.54, 1.807) is 20.8 Å². The summed E-state index contributed by atoms with van der Waals surface area (Å²) in [6, 6.07) is 8.81. The van der Waals surface area contributed by atoms with Crippen molar-refractivity contribution in [1.29, 1.82) is 0 Å². The Morgan fingerprint density at radius 1 is 1.14 bits per heavy atom. The van der Waals surface area contributed by atoms with Crippen LogP contribution in [0.1, 0.15) is 58.6 Å². The maximum atomic E-state index is 12.8. The number of amides is 2. The largest absolute Gasteiger partial charge is 0.444 e. The first-order chi connectivity index (χ1) is 13.2. The molecule has 0 saturated heterocycles. The molecule has 0 aliphatic carbocycles. The minimum absolute atomic E-state index is 0.214. The second-order valence-electron chi connectivity index (χ2n) is 7.97. The highest BCUT2D eigenvalue weighted by molar-refractivity contribution is 5.81. The highest BCUT2D eigenvalue weighted by Gasteiger charge is 2.31. The summed E-state index contributed by atoms with van der Waals surface area (Å²) in [5, 5.41) is 15.6. The van der Waals surface area contributed by atoms with Crippen molar-refractivity contribution in [1.82, 2.24) is 10.6 Å². The van der Waals surface area contributed by atoms with Gasteiger partial charge < -0.3 is 26.2 Å². The Balaban J connectivity index is 2.84. The topological polar surface area (TPSA) is 114 Å². The van der Waals surface area contributed by atoms with Gasteiger partial charge in [0.2, 0.25) is 5.91 Å². The predicted molar refractivity (Wildman–Crippen MR) is 110 cm³/mol. The first kappa shape index (κ1) is 23.9. The second kappa shape index (κ2) is 11.7. The monoisotopic (exact) mass is 393 g/mol. The van der Waals surface area contributed by atoms with E-state index in [1.807, 2.05) is 37.3 Å². The number of alkyl carbamates (subject to hydrolysis) is 1. The van der Waals surface area contributed by atoms with Crippen LogP contribution >= 0.6 is 0 Å². The Kier molecular flexibility index (Phi) is 9.96. The van der Waals surface area contributed by atoms with Gasteiger partial charge >= 0.3 is 6.09 Å². The molecule has 1 unspecified atom stereocenters. The van der Waals surface area contributed by atoms with E-state index in [0.29, 0.717) is 13.0 Å². The number of carbonyl (C=O) groups is 2. The first-order valence-electron chi connectivity index (χ1n) is 9.83. The second-order valence-corrected chi connectivity index (χ2v) is 7.97. The summed E-state index contributed by atoms with van der Waals surface area (Å²) in [6.45, 7) is 7.35. The lowest BCUT2D eigenvalue weighted by Crippen LogP contribution is -2.49. The van der Waals surface area contributed by atoms with Crippen LogP contribution in [0.2, 0.25) is 0 Å². The predicted octanol–water partition coefficient (Wildman–Crippen LogP) is 2.49. The molecule has 28 heavy (non-hydrogen) atoms. The van der Waals surface area contributed by atoms with Crippen LogP contribution in [-0.4, -0.2) is 41.9 Å². The van der Waals surface area contributed by atoms with Crippen molar-refractivity contribution >= 4 is 12.0 Å². The maximum absolute atomic E-state index is 12.8. The molecule has 0 aliphatic rings. The number of unbranched alkanes of at least 4 members (excludes halogenated alkanes) is 1. The molecule has 1 aromatic rings. The van der Waals surface area contributed by atoms with Gasteiger partial charge in [0.1, 0.15) is 5.60 Å². The van der Waals surface area contributed by atoms with Crippen LogP contribution in [0.3, 0.4) is 0 Å². The summed E-state index contributed by atoms with van der Waals surface area (Å²) in [4.78, 5) is 25.0. The van der Waals surface area contributed by atoms with Gasteiger partial charge in [-0.1, -0.05) is 36.8 Å². The van der Waals surface area contributed by atoms with E-state index in [2.05, 4.69) is 10.6 Å². The van der Waals surface area contributed by atoms with Gasteiger partial charge in [0.15, 0.2) is 0 Å². The molecule has 5 N–H and O–H groups in total. The summed E-state index contributed by atoms with van der Waals surface area (Å²) in [5.41, 5.74) is 5.87. The quantitative estimate of drug-likeness (QED) is 0.456. The van der Waals surface area contributed by atoms with E-state index >= 15 is 0 Å². The molecule has 158 valence electrons. The molecule has 7 heteroatoms. The van der Waals surface area contributed by atoms with Crippen molar-refractivity contribution in [3.63, 3.8) is 0 Å². The third-order valence-electron chi connectivity index (χ3n) is 4.35. The molecule has 7 nitrogen and oxygen atoms in total. The van der Waals surface area contributed by atoms with E-state index in [9.17, 15) is 14.7 Å². The minimum Gasteiger partial charge on any atom is -0.444 e. The number of hydrogen-bond acceptors (Lipinski definition) is 5. The molecule has 0 aromatic heterocycles. The Morgan fingerprint density at radius 3 is 2.32 bits per heavy atom. The van der Waals surface area contributed by atoms with Crippen molar-refractivity contribution in [3.8, 4) is 0 Å². The average molecular weight is 394 g/mol. The third kappa shape index (κ3) is 8.71. The van der Waals surface area contributed by atoms with Crippen LogP contribution in [-0.2, 0) is 9.53 Å². The Labute approximate surface area is 168 Å². The lowest BCUT2D eigenvalue weighted by Gasteiger charge is -2.29. The number of carbonyl (C=O) groups excluding carboxylic acids is 2. The molecule has 0 heterocycles. The maximum Gasteiger partial charge on any atom is 0.407 e. The summed E-state index contributed by atoms with van der Waals surface area (Å²) in [6.07, 6.45) is 1.42. The molecule has 0 fully saturated rings. The third-order valence-corrected chi connectivity index (χ3v) is 4.35. The Morgan fingerprint density at radius 2 is 1.79 bits per heavy atom. The molecule has 0 aliphatic heterocycles. The number of nitrogens with two attached hydrogens (primary N) is 1. The highest BCUT2D eigenvalue weighted by Crippen LogP contribution is 2.17. The molecule has 0 bridgehead atoms. The molecule has 0 saturated carbocycles. The number of benzene rings is 1. The molecule has 1 aromatic carbocycles. The zero-order valence-corrected chi connectivity index (χ0v) is 17.4. The molecule has 2 amide bonds. The van der Waals surface area contributed by atoms with Crippen LogP contribution in [0.4, 0.5) is 4.79 Å². The summed E-state index contributed by atoms with van der Waals surface area (Å²) in [5.74, 6) is -1.09. The van der Waals surface area contributed by atoms with Crippen LogP contribution in [0.5, 0.6) is 0 Å². The van der Waals surface area contributed by atoms with Crippen molar-refractivity contribution in [2.45, 2.75) is 64.6 Å². The van der Waals surface area contributed by atoms with Gasteiger partial charge in [-0.05, 0) is 52.6 Å². The van der Waals surface area contributed by atoms with E-state index in [-0.39, 0.29) is 18.6 Å². The summed E-state index contributed by atoms with van der Waals surface area (Å²) in [7, 11) is 0. The number of ether oxygens (including phenoxy) is 1. The van der Waals surface area contributed by atoms with Gasteiger partial charge in [-0.3, -0.25) is 4.79 Å². The lowest BCUT2D eigenvalue weighted by molar-refractivity contribution is -0.128. The number of nitrogens with one attached hydrogen (secondary N) is 2. The first-order valence-corrected chi connectivity index (χ1v) is 9.83. The molecular weight excluding hydrogens is 358 g/mol. The molecule has 1 rings (SSSR count). The fourth-order valence-corrected chi connectivity index (χ4v) is 2.88. The van der Waals surface area contributed by atoms with E-state index < -0.39 is 23.7 Å². The van der Waals surface area contributed by atoms with E-state index in [4.69, 9.17) is 10.5 Å². The molecular formula is C21H35N3O4. The van der Waals surface area contributed by atoms with Gasteiger partial charge in [-0.15, -0.1) is 0 Å². The summed E-state index contributed by atoms with van der Waals surface area (Å²) >= 11 is 0. The van der Waals surface area contributed by atoms with Crippen molar-refractivity contribution in [2.24, 2.45) is 11.7 Å². The average Bonchev–Trinajstić information content (AvgIpc) is 2.61. The van der Waals surface area contributed by atoms with Crippen molar-refractivity contribution in [2.75, 3.05) is 13.2 Å². The standard InChI is InChI=1S/C21H35N3O4/c1-15(16-10-6-5-7-11-16)23-19(26)17(14-25)18(12-8-9-13-22)24-20(27)28-21(2,3)4/h5-7,10-11,15,17-18,25H,8-9,12-14,22H2,1-4H3,(H,23,26)(H,24,27)/t15-,17?,18+/m1/s1. The smallest absolute Gasteiger partial charge is 0.407 e. The van der Waals surface area contributed by atoms with E-state index in [0.717, 1.165) is 18.4 Å². The van der Waals surface area contributed by atoms with Crippen molar-refractivity contribution in [3.05, 3.63) is 35.9 Å². The highest BCUT2D eigenvalue weighted by atomic mass is 16.6. The van der Waals surface area contributed by atoms with Gasteiger partial charge in [-0.2, -0.15) is 0 Å². The molecule has 0 radical (unpaired) electrons. The minimum atomic E-state index is -0.781. The number of aliphatic hydroxyl groups excluding tert-OH is 1. The fourth-order valence-electron chi connectivity index (χ4n) is 2.88. The number of hydrogen-bond donors (Lipinski definition) is 4. The van der Waals surface area contributed by atoms with Gasteiger partial charge in [0.25, 0.3) is 0 Å². The van der Waals surface area contributed by atoms with Gasteiger partial charge in [-0.25, -0.2) is 4.79 Å². The lowest BCUT2D eigenvalue weighted by atomic mass is 9.94. The van der Waals surface area contributed by atoms with E-state index in [1.165, 1.54) is 0 Å². The van der Waals surface area contributed by atoms with Crippen LogP contribution in [0, 0.1) is 5.92 Å². The SMILES string of the molecule is C[C@@H](NC(=O)C(CO)[C@H](CCCCN)NC(=O)OC(C)(C)C)c1ccccc1. The molecule has 0 spiro atoms. The molecule has 3 atom stereocenters. The Bertz CT molecular complexity index is 601. The van der Waals surface area contributed by atoms with Crippen LogP contribution in [0.15, 0.2) is 30.3 Å². The van der Waals surface area contributed by atoms with Gasteiger partial charge in [0, 0.05) is 6.04 Å². The number of aliphatic hydroxyl groups is 1. The normalized spacial score (nSPS) is 14.6. The Hall–Kier alpha value is -2.12. The van der Waals surface area contributed by atoms with Crippen LogP contribution in [0.25, 0.3) is 0 Å². The van der Waals surface area contributed by atoms with Gasteiger partial charge in [0.05, 0.1) is 18.6 Å².